The van der Waals surface area contributed by atoms with Crippen LogP contribution >= 0.6 is 0 Å². The highest BCUT2D eigenvalue weighted by molar-refractivity contribution is 5.46. The highest BCUT2D eigenvalue weighted by Gasteiger charge is 2.10. The van der Waals surface area contributed by atoms with Crippen LogP contribution in [-0.2, 0) is 0 Å². The predicted molar refractivity (Wildman–Crippen MR) is 51.8 cm³/mol. The largest absolute Gasteiger partial charge is 0.215 e. The Bertz CT molecular complexity index is 504. The van der Waals surface area contributed by atoms with Crippen LogP contribution in [0, 0.1) is 11.3 Å². The predicted octanol–water partition coefficient (Wildman–Crippen LogP) is 1.72. The molecule has 2 heterocycles. The van der Waals surface area contributed by atoms with Gasteiger partial charge in [-0.1, -0.05) is 19.9 Å². The fraction of sp³-hybridized carbons (Fsp3) is 0.300. The molecular weight excluding hydrogens is 176 g/mol. The molecule has 0 N–H and O–H groups in total. The third-order valence-corrected chi connectivity index (χ3v) is 2.20. The number of nitriles is 1. The van der Waals surface area contributed by atoms with Crippen LogP contribution in [0.3, 0.4) is 0 Å². The van der Waals surface area contributed by atoms with Crippen molar-refractivity contribution >= 4 is 5.65 Å². The Morgan fingerprint density at radius 3 is 2.86 bits per heavy atom. The first kappa shape index (κ1) is 8.70. The summed E-state index contributed by atoms with van der Waals surface area (Å²) in [6.45, 7) is 4.11. The molecular formula is C10H10N4. The smallest absolute Gasteiger partial charge is 0.156 e. The monoisotopic (exact) mass is 186 g/mol. The Balaban J connectivity index is 2.81. The van der Waals surface area contributed by atoms with Crippen LogP contribution in [0.5, 0.6) is 0 Å². The van der Waals surface area contributed by atoms with Crippen molar-refractivity contribution in [1.82, 2.24) is 14.6 Å². The van der Waals surface area contributed by atoms with Gasteiger partial charge in [0.25, 0.3) is 0 Å². The van der Waals surface area contributed by atoms with Crippen molar-refractivity contribution in [2.75, 3.05) is 0 Å². The van der Waals surface area contributed by atoms with Crippen molar-refractivity contribution in [1.29, 1.82) is 5.26 Å². The summed E-state index contributed by atoms with van der Waals surface area (Å²) in [5, 5.41) is 13.1. The molecule has 70 valence electrons. The van der Waals surface area contributed by atoms with Gasteiger partial charge in [0.15, 0.2) is 5.65 Å². The third kappa shape index (κ3) is 1.14. The minimum atomic E-state index is 0.318. The summed E-state index contributed by atoms with van der Waals surface area (Å²) in [5.41, 5.74) is 2.30. The first-order chi connectivity index (χ1) is 6.74. The summed E-state index contributed by atoms with van der Waals surface area (Å²) in [6, 6.07) is 5.98. The van der Waals surface area contributed by atoms with E-state index in [1.54, 1.807) is 4.52 Å². The van der Waals surface area contributed by atoms with E-state index in [9.17, 15) is 0 Å². The molecule has 0 aliphatic rings. The maximum atomic E-state index is 9.05. The van der Waals surface area contributed by atoms with Crippen molar-refractivity contribution in [3.8, 4) is 6.07 Å². The molecule has 0 saturated heterocycles. The van der Waals surface area contributed by atoms with Crippen molar-refractivity contribution in [2.24, 2.45) is 0 Å². The number of nitrogens with zero attached hydrogens (tertiary/aromatic N) is 4. The minimum Gasteiger partial charge on any atom is -0.215 e. The van der Waals surface area contributed by atoms with E-state index in [0.717, 1.165) is 5.56 Å². The van der Waals surface area contributed by atoms with Crippen molar-refractivity contribution in [3.05, 3.63) is 29.7 Å². The minimum absolute atomic E-state index is 0.318. The molecule has 2 rings (SSSR count). The maximum absolute atomic E-state index is 9.05. The molecule has 0 atom stereocenters. The molecule has 0 unspecified atom stereocenters. The third-order valence-electron chi connectivity index (χ3n) is 2.20. The molecule has 0 saturated carbocycles. The van der Waals surface area contributed by atoms with Gasteiger partial charge in [-0.3, -0.25) is 0 Å². The van der Waals surface area contributed by atoms with Crippen molar-refractivity contribution < 1.29 is 0 Å². The van der Waals surface area contributed by atoms with Gasteiger partial charge >= 0.3 is 0 Å². The number of hydrogen-bond acceptors (Lipinski definition) is 3. The van der Waals surface area contributed by atoms with Gasteiger partial charge in [-0.25, -0.2) is 9.50 Å². The lowest BCUT2D eigenvalue weighted by atomic mass is 10.0. The molecule has 0 radical (unpaired) electrons. The number of rotatable bonds is 1. The van der Waals surface area contributed by atoms with Gasteiger partial charge in [0.2, 0.25) is 0 Å². The zero-order valence-corrected chi connectivity index (χ0v) is 8.10. The quantitative estimate of drug-likeness (QED) is 0.681. The van der Waals surface area contributed by atoms with Gasteiger partial charge in [-0.05, 0) is 17.5 Å². The Morgan fingerprint density at radius 2 is 2.21 bits per heavy atom. The molecule has 0 bridgehead atoms. The van der Waals surface area contributed by atoms with Crippen LogP contribution in [0.4, 0.5) is 0 Å². The number of pyridine rings is 1. The molecule has 0 aliphatic carbocycles. The summed E-state index contributed by atoms with van der Waals surface area (Å²) >= 11 is 0. The zero-order chi connectivity index (χ0) is 10.1. The molecule has 4 heteroatoms. The average Bonchev–Trinajstić information content (AvgIpc) is 2.63. The van der Waals surface area contributed by atoms with E-state index in [1.165, 1.54) is 6.33 Å². The summed E-state index contributed by atoms with van der Waals surface area (Å²) in [7, 11) is 0. The molecule has 14 heavy (non-hydrogen) atoms. The van der Waals surface area contributed by atoms with Gasteiger partial charge in [-0.2, -0.15) is 10.4 Å². The lowest BCUT2D eigenvalue weighted by Gasteiger charge is -2.07. The lowest BCUT2D eigenvalue weighted by molar-refractivity contribution is 0.824. The van der Waals surface area contributed by atoms with E-state index >= 15 is 0 Å². The molecule has 2 aromatic heterocycles. The fourth-order valence-corrected chi connectivity index (χ4v) is 1.48. The maximum Gasteiger partial charge on any atom is 0.156 e. The molecule has 0 fully saturated rings. The molecule has 2 aromatic rings. The van der Waals surface area contributed by atoms with E-state index in [0.29, 0.717) is 17.3 Å². The molecule has 0 amide bonds. The fourth-order valence-electron chi connectivity index (χ4n) is 1.48. The standard InChI is InChI=1S/C10H10N4/c1-7(2)8-3-4-10-12-6-13-14(10)9(8)5-11/h3-4,6-7H,1-2H3. The summed E-state index contributed by atoms with van der Waals surface area (Å²) < 4.78 is 1.58. The van der Waals surface area contributed by atoms with Gasteiger partial charge in [0.05, 0.1) is 0 Å². The van der Waals surface area contributed by atoms with Crippen molar-refractivity contribution in [3.63, 3.8) is 0 Å². The van der Waals surface area contributed by atoms with E-state index in [2.05, 4.69) is 30.0 Å². The Hall–Kier alpha value is -1.89. The van der Waals surface area contributed by atoms with E-state index in [1.807, 2.05) is 12.1 Å². The topological polar surface area (TPSA) is 54.0 Å². The van der Waals surface area contributed by atoms with Crippen LogP contribution in [0.25, 0.3) is 5.65 Å². The highest BCUT2D eigenvalue weighted by Crippen LogP contribution is 2.19. The van der Waals surface area contributed by atoms with Gasteiger partial charge < -0.3 is 0 Å². The Morgan fingerprint density at radius 1 is 1.43 bits per heavy atom. The van der Waals surface area contributed by atoms with Crippen molar-refractivity contribution in [2.45, 2.75) is 19.8 Å². The van der Waals surface area contributed by atoms with Crippen LogP contribution < -0.4 is 0 Å². The van der Waals surface area contributed by atoms with E-state index in [4.69, 9.17) is 5.26 Å². The second kappa shape index (κ2) is 3.11. The zero-order valence-electron chi connectivity index (χ0n) is 8.10. The highest BCUT2D eigenvalue weighted by atomic mass is 15.3. The Labute approximate surface area is 81.8 Å². The summed E-state index contributed by atoms with van der Waals surface area (Å²) in [6.07, 6.45) is 1.46. The van der Waals surface area contributed by atoms with Gasteiger partial charge in [0.1, 0.15) is 18.1 Å². The molecule has 0 spiro atoms. The van der Waals surface area contributed by atoms with Crippen LogP contribution in [0.1, 0.15) is 31.0 Å². The Kier molecular flexibility index (Phi) is 1.93. The lowest BCUT2D eigenvalue weighted by Crippen LogP contribution is -2.01. The first-order valence-electron chi connectivity index (χ1n) is 4.46. The van der Waals surface area contributed by atoms with Crippen LogP contribution in [0.2, 0.25) is 0 Å². The number of hydrogen-bond donors (Lipinski definition) is 0. The second-order valence-corrected chi connectivity index (χ2v) is 3.43. The molecule has 0 aromatic carbocycles. The first-order valence-corrected chi connectivity index (χ1v) is 4.46. The SMILES string of the molecule is CC(C)c1ccc2ncnn2c1C#N. The van der Waals surface area contributed by atoms with Gasteiger partial charge in [-0.15, -0.1) is 0 Å². The normalized spacial score (nSPS) is 10.7. The second-order valence-electron chi connectivity index (χ2n) is 3.43. The van der Waals surface area contributed by atoms with E-state index in [-0.39, 0.29) is 0 Å². The average molecular weight is 186 g/mol. The molecule has 4 nitrogen and oxygen atoms in total. The summed E-state index contributed by atoms with van der Waals surface area (Å²) in [4.78, 5) is 4.03. The van der Waals surface area contributed by atoms with Crippen LogP contribution in [0.15, 0.2) is 18.5 Å². The number of aromatic nitrogens is 3. The van der Waals surface area contributed by atoms with Crippen LogP contribution in [-0.4, -0.2) is 14.6 Å². The summed E-state index contributed by atoms with van der Waals surface area (Å²) in [5.74, 6) is 0.318. The van der Waals surface area contributed by atoms with Gasteiger partial charge in [0, 0.05) is 0 Å². The number of fused-ring (bicyclic) bond motifs is 1. The molecule has 0 aliphatic heterocycles. The van der Waals surface area contributed by atoms with E-state index < -0.39 is 0 Å².